The quantitative estimate of drug-likeness (QED) is 0.868. The highest BCUT2D eigenvalue weighted by Gasteiger charge is 2.38. The van der Waals surface area contributed by atoms with E-state index >= 15 is 0 Å². The molecule has 0 bridgehead atoms. The Kier molecular flexibility index (Phi) is 3.88. The molecule has 3 rings (SSSR count). The van der Waals surface area contributed by atoms with Crippen molar-refractivity contribution >= 4 is 23.2 Å². The van der Waals surface area contributed by atoms with Crippen LogP contribution in [-0.4, -0.2) is 31.8 Å². The van der Waals surface area contributed by atoms with E-state index in [4.69, 9.17) is 11.6 Å². The van der Waals surface area contributed by atoms with Crippen LogP contribution in [0.25, 0.3) is 5.78 Å². The minimum Gasteiger partial charge on any atom is -0.358 e. The van der Waals surface area contributed by atoms with Gasteiger partial charge in [0.25, 0.3) is 5.78 Å². The van der Waals surface area contributed by atoms with E-state index in [1.807, 2.05) is 0 Å². The van der Waals surface area contributed by atoms with E-state index in [1.54, 1.807) is 0 Å². The van der Waals surface area contributed by atoms with Gasteiger partial charge in [-0.05, 0) is 25.7 Å². The van der Waals surface area contributed by atoms with Gasteiger partial charge < -0.3 is 5.32 Å². The lowest BCUT2D eigenvalue weighted by Crippen LogP contribution is -2.34. The van der Waals surface area contributed by atoms with Crippen LogP contribution in [0.15, 0.2) is 6.33 Å². The van der Waals surface area contributed by atoms with Gasteiger partial charge in [0.15, 0.2) is 0 Å². The summed E-state index contributed by atoms with van der Waals surface area (Å²) in [5.41, 5.74) is 0.605. The summed E-state index contributed by atoms with van der Waals surface area (Å²) in [6.45, 7) is 1.07. The summed E-state index contributed by atoms with van der Waals surface area (Å²) in [5, 5.41) is 6.69. The normalized spacial score (nSPS) is 18.0. The molecule has 0 aliphatic heterocycles. The first-order valence-electron chi connectivity index (χ1n) is 7.10. The summed E-state index contributed by atoms with van der Waals surface area (Å²) in [4.78, 5) is 8.06. The fourth-order valence-corrected chi connectivity index (χ4v) is 3.15. The van der Waals surface area contributed by atoms with Gasteiger partial charge in [-0.1, -0.05) is 24.4 Å². The highest BCUT2D eigenvalue weighted by Crippen LogP contribution is 2.41. The SMILES string of the molecule is C[C@@H](Nc1c(C2CCCC2)c(Cl)nc2ncnn12)C(F)(F)F. The fraction of sp³-hybridized carbons (Fsp3) is 0.615. The molecule has 0 spiro atoms. The first-order valence-corrected chi connectivity index (χ1v) is 7.48. The van der Waals surface area contributed by atoms with Crippen molar-refractivity contribution in [2.24, 2.45) is 0 Å². The van der Waals surface area contributed by atoms with Crippen molar-refractivity contribution in [2.75, 3.05) is 5.32 Å². The zero-order valence-corrected chi connectivity index (χ0v) is 12.6. The molecule has 5 nitrogen and oxygen atoms in total. The van der Waals surface area contributed by atoms with E-state index in [1.165, 1.54) is 10.8 Å². The summed E-state index contributed by atoms with van der Waals surface area (Å²) in [7, 11) is 0. The van der Waals surface area contributed by atoms with E-state index in [2.05, 4.69) is 20.4 Å². The average Bonchev–Trinajstić information content (AvgIpc) is 3.07. The third kappa shape index (κ3) is 2.71. The topological polar surface area (TPSA) is 55.1 Å². The van der Waals surface area contributed by atoms with E-state index in [-0.39, 0.29) is 22.7 Å². The van der Waals surface area contributed by atoms with Gasteiger partial charge >= 0.3 is 6.18 Å². The monoisotopic (exact) mass is 333 g/mol. The Balaban J connectivity index is 2.11. The van der Waals surface area contributed by atoms with Crippen LogP contribution in [0.3, 0.4) is 0 Å². The van der Waals surface area contributed by atoms with Gasteiger partial charge in [0.05, 0.1) is 0 Å². The predicted molar refractivity (Wildman–Crippen MR) is 76.1 cm³/mol. The molecular formula is C13H15ClF3N5. The number of hydrogen-bond donors (Lipinski definition) is 1. The molecule has 0 unspecified atom stereocenters. The molecule has 1 aliphatic rings. The van der Waals surface area contributed by atoms with Crippen LogP contribution in [-0.2, 0) is 0 Å². The first kappa shape index (κ1) is 15.3. The molecule has 2 heterocycles. The molecule has 2 aromatic rings. The maximum atomic E-state index is 12.9. The third-order valence-electron chi connectivity index (χ3n) is 4.02. The van der Waals surface area contributed by atoms with Gasteiger partial charge in [-0.15, -0.1) is 0 Å². The molecule has 0 amide bonds. The second kappa shape index (κ2) is 5.57. The lowest BCUT2D eigenvalue weighted by atomic mass is 9.99. The van der Waals surface area contributed by atoms with Gasteiger partial charge in [-0.3, -0.25) is 0 Å². The Morgan fingerprint density at radius 3 is 2.68 bits per heavy atom. The van der Waals surface area contributed by atoms with E-state index in [0.717, 1.165) is 32.6 Å². The molecule has 0 radical (unpaired) electrons. The van der Waals surface area contributed by atoms with E-state index in [0.29, 0.717) is 5.56 Å². The van der Waals surface area contributed by atoms with Crippen LogP contribution in [0.5, 0.6) is 0 Å². The molecule has 0 aromatic carbocycles. The Morgan fingerprint density at radius 2 is 2.05 bits per heavy atom. The molecule has 1 fully saturated rings. The van der Waals surface area contributed by atoms with Crippen LogP contribution in [0.4, 0.5) is 19.0 Å². The standard InChI is InChI=1S/C13H15ClF3N5/c1-7(13(15,16)17)20-11-9(8-4-2-3-5-8)10(14)21-12-18-6-19-22(11)12/h6-8,20H,2-5H2,1H3/t7-/m1/s1. The maximum absolute atomic E-state index is 12.9. The largest absolute Gasteiger partial charge is 0.408 e. The minimum atomic E-state index is -4.37. The molecule has 1 aliphatic carbocycles. The molecule has 1 saturated carbocycles. The molecule has 1 atom stereocenters. The zero-order chi connectivity index (χ0) is 15.9. The van der Waals surface area contributed by atoms with Crippen molar-refractivity contribution in [3.63, 3.8) is 0 Å². The minimum absolute atomic E-state index is 0.0940. The van der Waals surface area contributed by atoms with Crippen molar-refractivity contribution in [1.82, 2.24) is 19.6 Å². The number of hydrogen-bond acceptors (Lipinski definition) is 4. The van der Waals surface area contributed by atoms with Crippen LogP contribution < -0.4 is 5.32 Å². The second-order valence-electron chi connectivity index (χ2n) is 5.53. The third-order valence-corrected chi connectivity index (χ3v) is 4.31. The lowest BCUT2D eigenvalue weighted by molar-refractivity contribution is -0.138. The Hall–Kier alpha value is -1.57. The number of alkyl halides is 3. The number of nitrogens with one attached hydrogen (secondary N) is 1. The molecule has 22 heavy (non-hydrogen) atoms. The molecule has 0 saturated heterocycles. The highest BCUT2D eigenvalue weighted by atomic mass is 35.5. The lowest BCUT2D eigenvalue weighted by Gasteiger charge is -2.23. The Morgan fingerprint density at radius 1 is 1.36 bits per heavy atom. The van der Waals surface area contributed by atoms with Crippen molar-refractivity contribution in [2.45, 2.75) is 50.7 Å². The Labute approximate surface area is 129 Å². The predicted octanol–water partition coefficient (Wildman–Crippen LogP) is 3.80. The van der Waals surface area contributed by atoms with Gasteiger partial charge in [-0.25, -0.2) is 0 Å². The number of rotatable bonds is 3. The highest BCUT2D eigenvalue weighted by molar-refractivity contribution is 6.30. The van der Waals surface area contributed by atoms with Crippen molar-refractivity contribution in [3.8, 4) is 0 Å². The summed E-state index contributed by atoms with van der Waals surface area (Å²) < 4.78 is 40.0. The van der Waals surface area contributed by atoms with Crippen LogP contribution in [0.1, 0.15) is 44.1 Å². The summed E-state index contributed by atoms with van der Waals surface area (Å²) >= 11 is 6.23. The van der Waals surface area contributed by atoms with E-state index < -0.39 is 12.2 Å². The molecule has 120 valence electrons. The van der Waals surface area contributed by atoms with Gasteiger partial charge in [0.1, 0.15) is 23.3 Å². The number of halogens is 4. The second-order valence-corrected chi connectivity index (χ2v) is 5.88. The van der Waals surface area contributed by atoms with Gasteiger partial charge in [-0.2, -0.15) is 32.8 Å². The van der Waals surface area contributed by atoms with Gasteiger partial charge in [0.2, 0.25) is 0 Å². The van der Waals surface area contributed by atoms with Gasteiger partial charge in [0, 0.05) is 5.56 Å². The first-order chi connectivity index (χ1) is 10.4. The number of aromatic nitrogens is 4. The van der Waals surface area contributed by atoms with Crippen LogP contribution in [0.2, 0.25) is 5.15 Å². The summed E-state index contributed by atoms with van der Waals surface area (Å²) in [5.74, 6) is 0.518. The number of fused-ring (bicyclic) bond motifs is 1. The van der Waals surface area contributed by atoms with Crippen molar-refractivity contribution in [1.29, 1.82) is 0 Å². The molecule has 1 N–H and O–H groups in total. The number of anilines is 1. The average molecular weight is 334 g/mol. The van der Waals surface area contributed by atoms with Crippen LogP contribution in [0, 0.1) is 0 Å². The maximum Gasteiger partial charge on any atom is 0.408 e. The molecule has 9 heteroatoms. The van der Waals surface area contributed by atoms with E-state index in [9.17, 15) is 13.2 Å². The molecular weight excluding hydrogens is 319 g/mol. The summed E-state index contributed by atoms with van der Waals surface area (Å²) in [6.07, 6.45) is 0.721. The zero-order valence-electron chi connectivity index (χ0n) is 11.9. The summed E-state index contributed by atoms with van der Waals surface area (Å²) in [6, 6.07) is -1.72. The number of nitrogens with zero attached hydrogens (tertiary/aromatic N) is 4. The van der Waals surface area contributed by atoms with Crippen molar-refractivity contribution < 1.29 is 13.2 Å². The Bertz CT molecular complexity index is 678. The van der Waals surface area contributed by atoms with Crippen LogP contribution >= 0.6 is 11.6 Å². The fourth-order valence-electron chi connectivity index (χ4n) is 2.83. The van der Waals surface area contributed by atoms with Crippen molar-refractivity contribution in [3.05, 3.63) is 17.0 Å². The molecule has 2 aromatic heterocycles. The smallest absolute Gasteiger partial charge is 0.358 e.